The molecular weight excluding hydrogens is 306 g/mol. The highest BCUT2D eigenvalue weighted by Crippen LogP contribution is 2.08. The zero-order chi connectivity index (χ0) is 16.6. The van der Waals surface area contributed by atoms with Crippen LogP contribution in [-0.4, -0.2) is 37.2 Å². The standard InChI is InChI=1S/C16H30ClNO4/c1-3-4-5-6-7-8-9-10-12-21-15(19)14(2)18-16(20)22-13-11-17/h14H,3-13H2,1-2H3,(H,18,20). The largest absolute Gasteiger partial charge is 0.464 e. The summed E-state index contributed by atoms with van der Waals surface area (Å²) < 4.78 is 9.84. The fourth-order valence-electron chi connectivity index (χ4n) is 1.94. The Balaban J connectivity index is 3.49. The molecule has 0 heterocycles. The van der Waals surface area contributed by atoms with Crippen molar-refractivity contribution in [2.45, 2.75) is 71.3 Å². The van der Waals surface area contributed by atoms with Gasteiger partial charge in [0.2, 0.25) is 0 Å². The average molecular weight is 336 g/mol. The minimum atomic E-state index is -0.711. The van der Waals surface area contributed by atoms with E-state index in [1.165, 1.54) is 38.5 Å². The number of esters is 1. The van der Waals surface area contributed by atoms with Crippen molar-refractivity contribution >= 4 is 23.7 Å². The van der Waals surface area contributed by atoms with Gasteiger partial charge in [-0.2, -0.15) is 0 Å². The van der Waals surface area contributed by atoms with E-state index in [1.807, 2.05) is 0 Å². The number of hydrogen-bond donors (Lipinski definition) is 1. The van der Waals surface area contributed by atoms with Gasteiger partial charge >= 0.3 is 12.1 Å². The van der Waals surface area contributed by atoms with Crippen molar-refractivity contribution in [3.05, 3.63) is 0 Å². The molecule has 1 unspecified atom stereocenters. The fraction of sp³-hybridized carbons (Fsp3) is 0.875. The number of nitrogens with one attached hydrogen (secondary N) is 1. The van der Waals surface area contributed by atoms with Crippen LogP contribution in [0.1, 0.15) is 65.2 Å². The highest BCUT2D eigenvalue weighted by molar-refractivity contribution is 6.18. The summed E-state index contributed by atoms with van der Waals surface area (Å²) in [7, 11) is 0. The lowest BCUT2D eigenvalue weighted by Crippen LogP contribution is -2.40. The van der Waals surface area contributed by atoms with E-state index in [4.69, 9.17) is 21.1 Å². The third-order valence-corrected chi connectivity index (χ3v) is 3.39. The lowest BCUT2D eigenvalue weighted by Gasteiger charge is -2.13. The number of ether oxygens (including phenoxy) is 2. The van der Waals surface area contributed by atoms with Gasteiger partial charge in [0.05, 0.1) is 12.5 Å². The first-order chi connectivity index (χ1) is 10.6. The summed E-state index contributed by atoms with van der Waals surface area (Å²) >= 11 is 5.39. The van der Waals surface area contributed by atoms with E-state index >= 15 is 0 Å². The van der Waals surface area contributed by atoms with Gasteiger partial charge in [0.1, 0.15) is 12.6 Å². The predicted molar refractivity (Wildman–Crippen MR) is 88.2 cm³/mol. The first kappa shape index (κ1) is 21.0. The van der Waals surface area contributed by atoms with Gasteiger partial charge in [0.15, 0.2) is 0 Å². The zero-order valence-corrected chi connectivity index (χ0v) is 14.6. The van der Waals surface area contributed by atoms with Crippen LogP contribution in [0.15, 0.2) is 0 Å². The van der Waals surface area contributed by atoms with Crippen LogP contribution in [-0.2, 0) is 14.3 Å². The monoisotopic (exact) mass is 335 g/mol. The molecule has 0 aliphatic rings. The van der Waals surface area contributed by atoms with Crippen LogP contribution in [0, 0.1) is 0 Å². The van der Waals surface area contributed by atoms with E-state index in [9.17, 15) is 9.59 Å². The molecule has 0 aromatic rings. The molecule has 0 spiro atoms. The van der Waals surface area contributed by atoms with Crippen LogP contribution in [0.3, 0.4) is 0 Å². The van der Waals surface area contributed by atoms with Crippen LogP contribution in [0.2, 0.25) is 0 Å². The summed E-state index contributed by atoms with van der Waals surface area (Å²) in [6, 6.07) is -0.711. The lowest BCUT2D eigenvalue weighted by molar-refractivity contribution is -0.145. The number of rotatable bonds is 13. The first-order valence-electron chi connectivity index (χ1n) is 8.27. The average Bonchev–Trinajstić information content (AvgIpc) is 2.51. The van der Waals surface area contributed by atoms with E-state index in [0.29, 0.717) is 6.61 Å². The SMILES string of the molecule is CCCCCCCCCCOC(=O)C(C)NC(=O)OCCCl. The van der Waals surface area contributed by atoms with Crippen LogP contribution in [0.25, 0.3) is 0 Å². The molecule has 5 nitrogen and oxygen atoms in total. The molecule has 0 aliphatic heterocycles. The maximum absolute atomic E-state index is 11.6. The lowest BCUT2D eigenvalue weighted by atomic mass is 10.1. The second-order valence-corrected chi connectivity index (χ2v) is 5.71. The number of alkyl carbamates (subject to hydrolysis) is 1. The van der Waals surface area contributed by atoms with Gasteiger partial charge in [-0.05, 0) is 13.3 Å². The predicted octanol–water partition coefficient (Wildman–Crippen LogP) is 4.02. The fourth-order valence-corrected chi connectivity index (χ4v) is 2.02. The maximum Gasteiger partial charge on any atom is 0.407 e. The van der Waals surface area contributed by atoms with E-state index in [1.54, 1.807) is 6.92 Å². The number of halogens is 1. The molecule has 1 atom stereocenters. The van der Waals surface area contributed by atoms with Gasteiger partial charge in [-0.25, -0.2) is 9.59 Å². The third kappa shape index (κ3) is 12.7. The Hall–Kier alpha value is -0.970. The van der Waals surface area contributed by atoms with Crippen LogP contribution in [0.4, 0.5) is 4.79 Å². The molecule has 0 saturated carbocycles. The summed E-state index contributed by atoms with van der Waals surface area (Å²) in [6.45, 7) is 4.30. The van der Waals surface area contributed by atoms with Crippen LogP contribution < -0.4 is 5.32 Å². The van der Waals surface area contributed by atoms with Gasteiger partial charge in [0.25, 0.3) is 0 Å². The molecule has 0 aliphatic carbocycles. The van der Waals surface area contributed by atoms with Crippen LogP contribution >= 0.6 is 11.6 Å². The number of unbranched alkanes of at least 4 members (excludes halogenated alkanes) is 7. The van der Waals surface area contributed by atoms with E-state index in [-0.39, 0.29) is 12.5 Å². The summed E-state index contributed by atoms with van der Waals surface area (Å²) in [4.78, 5) is 22.9. The van der Waals surface area contributed by atoms with E-state index in [0.717, 1.165) is 12.8 Å². The van der Waals surface area contributed by atoms with E-state index < -0.39 is 18.1 Å². The van der Waals surface area contributed by atoms with Gasteiger partial charge in [-0.3, -0.25) is 0 Å². The van der Waals surface area contributed by atoms with Crippen molar-refractivity contribution in [1.82, 2.24) is 5.32 Å². The molecule has 22 heavy (non-hydrogen) atoms. The molecule has 130 valence electrons. The molecular formula is C16H30ClNO4. The highest BCUT2D eigenvalue weighted by atomic mass is 35.5. The normalized spacial score (nSPS) is 11.8. The smallest absolute Gasteiger partial charge is 0.407 e. The van der Waals surface area contributed by atoms with Crippen molar-refractivity contribution in [3.8, 4) is 0 Å². The number of hydrogen-bond acceptors (Lipinski definition) is 4. The molecule has 0 rings (SSSR count). The molecule has 0 saturated heterocycles. The number of carbonyl (C=O) groups is 2. The number of amides is 1. The van der Waals surface area contributed by atoms with Crippen molar-refractivity contribution in [2.75, 3.05) is 19.1 Å². The first-order valence-corrected chi connectivity index (χ1v) is 8.81. The Morgan fingerprint density at radius 1 is 0.955 bits per heavy atom. The Bertz CT molecular complexity index is 300. The Kier molecular flexibility index (Phi) is 14.3. The van der Waals surface area contributed by atoms with E-state index in [2.05, 4.69) is 12.2 Å². The molecule has 0 fully saturated rings. The summed E-state index contributed by atoms with van der Waals surface area (Å²) in [5, 5.41) is 2.40. The molecule has 0 radical (unpaired) electrons. The topological polar surface area (TPSA) is 64.6 Å². The minimum Gasteiger partial charge on any atom is -0.464 e. The zero-order valence-electron chi connectivity index (χ0n) is 13.9. The van der Waals surface area contributed by atoms with Gasteiger partial charge in [-0.1, -0.05) is 51.9 Å². The second-order valence-electron chi connectivity index (χ2n) is 5.33. The summed E-state index contributed by atoms with van der Waals surface area (Å²) in [5.74, 6) is -0.212. The van der Waals surface area contributed by atoms with Gasteiger partial charge < -0.3 is 14.8 Å². The molecule has 6 heteroatoms. The van der Waals surface area contributed by atoms with Crippen molar-refractivity contribution in [3.63, 3.8) is 0 Å². The Morgan fingerprint density at radius 2 is 1.55 bits per heavy atom. The Morgan fingerprint density at radius 3 is 2.14 bits per heavy atom. The van der Waals surface area contributed by atoms with Crippen molar-refractivity contribution in [1.29, 1.82) is 0 Å². The van der Waals surface area contributed by atoms with Crippen molar-refractivity contribution < 1.29 is 19.1 Å². The van der Waals surface area contributed by atoms with Gasteiger partial charge in [0, 0.05) is 0 Å². The van der Waals surface area contributed by atoms with Crippen molar-refractivity contribution in [2.24, 2.45) is 0 Å². The molecule has 1 N–H and O–H groups in total. The quantitative estimate of drug-likeness (QED) is 0.313. The molecule has 0 bridgehead atoms. The summed E-state index contributed by atoms with van der Waals surface area (Å²) in [5.41, 5.74) is 0. The maximum atomic E-state index is 11.6. The highest BCUT2D eigenvalue weighted by Gasteiger charge is 2.17. The number of carbonyl (C=O) groups excluding carboxylic acids is 2. The Labute approximate surface area is 139 Å². The van der Waals surface area contributed by atoms with Gasteiger partial charge in [-0.15, -0.1) is 11.6 Å². The van der Waals surface area contributed by atoms with Crippen LogP contribution in [0.5, 0.6) is 0 Å². The third-order valence-electron chi connectivity index (χ3n) is 3.24. The molecule has 0 aromatic heterocycles. The number of alkyl halides is 1. The summed E-state index contributed by atoms with van der Waals surface area (Å²) in [6.07, 6.45) is 8.89. The molecule has 1 amide bonds. The second kappa shape index (κ2) is 14.9. The minimum absolute atomic E-state index is 0.118. The molecule has 0 aromatic carbocycles.